The molecule has 1 aliphatic rings. The summed E-state index contributed by atoms with van der Waals surface area (Å²) in [4.78, 5) is 25.8. The van der Waals surface area contributed by atoms with E-state index in [4.69, 9.17) is 14.2 Å². The lowest BCUT2D eigenvalue weighted by molar-refractivity contribution is -0.122. The maximum Gasteiger partial charge on any atom is 0.293 e. The molecule has 1 aromatic rings. The van der Waals surface area contributed by atoms with E-state index in [1.165, 1.54) is 26.2 Å². The molecule has 0 aromatic heterocycles. The van der Waals surface area contributed by atoms with Crippen molar-refractivity contribution in [2.24, 2.45) is 0 Å². The topological polar surface area (TPSA) is 65.1 Å². The van der Waals surface area contributed by atoms with Gasteiger partial charge in [0.2, 0.25) is 5.75 Å². The Morgan fingerprint density at radius 3 is 2.17 bits per heavy atom. The lowest BCUT2D eigenvalue weighted by atomic mass is 10.1. The van der Waals surface area contributed by atoms with Gasteiger partial charge in [-0.3, -0.25) is 14.5 Å². The molecule has 2 rings (SSSR count). The number of imide groups is 1. The van der Waals surface area contributed by atoms with Gasteiger partial charge in [-0.2, -0.15) is 0 Å². The monoisotopic (exact) mass is 337 g/mol. The van der Waals surface area contributed by atoms with Crippen LogP contribution in [0.2, 0.25) is 0 Å². The summed E-state index contributed by atoms with van der Waals surface area (Å²) in [7, 11) is 4.57. The minimum Gasteiger partial charge on any atom is -0.493 e. The normalized spacial score (nSPS) is 16.2. The lowest BCUT2D eigenvalue weighted by Gasteiger charge is -2.13. The highest BCUT2D eigenvalue weighted by Crippen LogP contribution is 2.40. The summed E-state index contributed by atoms with van der Waals surface area (Å²) in [5.74, 6) is 1.19. The van der Waals surface area contributed by atoms with Gasteiger partial charge in [-0.05, 0) is 42.0 Å². The van der Waals surface area contributed by atoms with E-state index in [-0.39, 0.29) is 11.1 Å². The first-order chi connectivity index (χ1) is 11.0. The number of amides is 2. The molecule has 2 amide bonds. The molecule has 0 radical (unpaired) electrons. The Balaban J connectivity index is 2.40. The molecule has 23 heavy (non-hydrogen) atoms. The van der Waals surface area contributed by atoms with Crippen LogP contribution < -0.4 is 14.2 Å². The first-order valence-corrected chi connectivity index (χ1v) is 7.92. The maximum absolute atomic E-state index is 12.3. The van der Waals surface area contributed by atoms with Gasteiger partial charge in [0, 0.05) is 6.54 Å². The molecule has 0 saturated carbocycles. The summed E-state index contributed by atoms with van der Waals surface area (Å²) >= 11 is 0.939. The summed E-state index contributed by atoms with van der Waals surface area (Å²) in [5.41, 5.74) is 0.696. The van der Waals surface area contributed by atoms with Crippen LogP contribution in [0.5, 0.6) is 17.2 Å². The zero-order chi connectivity index (χ0) is 17.0. The smallest absolute Gasteiger partial charge is 0.293 e. The molecule has 124 valence electrons. The van der Waals surface area contributed by atoms with Crippen molar-refractivity contribution in [1.82, 2.24) is 4.90 Å². The number of thioether (sulfide) groups is 1. The fraction of sp³-hybridized carbons (Fsp3) is 0.375. The highest BCUT2D eigenvalue weighted by molar-refractivity contribution is 8.18. The predicted molar refractivity (Wildman–Crippen MR) is 89.1 cm³/mol. The third-order valence-electron chi connectivity index (χ3n) is 3.31. The highest BCUT2D eigenvalue weighted by atomic mass is 32.2. The molecule has 0 aliphatic carbocycles. The summed E-state index contributed by atoms with van der Waals surface area (Å²) in [6.07, 6.45) is 2.39. The second-order valence-electron chi connectivity index (χ2n) is 4.79. The molecule has 7 heteroatoms. The van der Waals surface area contributed by atoms with Crippen LogP contribution in [-0.2, 0) is 4.79 Å². The van der Waals surface area contributed by atoms with Crippen molar-refractivity contribution in [3.63, 3.8) is 0 Å². The third-order valence-corrected chi connectivity index (χ3v) is 4.21. The van der Waals surface area contributed by atoms with Crippen LogP contribution >= 0.6 is 11.8 Å². The average Bonchev–Trinajstić information content (AvgIpc) is 2.81. The highest BCUT2D eigenvalue weighted by Gasteiger charge is 2.34. The van der Waals surface area contributed by atoms with E-state index in [1.807, 2.05) is 6.92 Å². The predicted octanol–water partition coefficient (Wildman–Crippen LogP) is 3.16. The molecule has 1 fully saturated rings. The van der Waals surface area contributed by atoms with Gasteiger partial charge in [0.1, 0.15) is 0 Å². The molecule has 0 atom stereocenters. The Morgan fingerprint density at radius 1 is 1.09 bits per heavy atom. The van der Waals surface area contributed by atoms with E-state index in [1.54, 1.807) is 18.2 Å². The Hall–Kier alpha value is -2.15. The molecule has 0 unspecified atom stereocenters. The minimum absolute atomic E-state index is 0.240. The van der Waals surface area contributed by atoms with Crippen molar-refractivity contribution in [3.8, 4) is 17.2 Å². The lowest BCUT2D eigenvalue weighted by Crippen LogP contribution is -2.28. The van der Waals surface area contributed by atoms with Gasteiger partial charge in [-0.15, -0.1) is 0 Å². The number of benzene rings is 1. The quantitative estimate of drug-likeness (QED) is 0.743. The SMILES string of the molecule is CCCN1C(=O)S/C(=C/c2cc(OC)c(OC)c(OC)c2)C1=O. The summed E-state index contributed by atoms with van der Waals surface area (Å²) < 4.78 is 15.8. The molecule has 0 spiro atoms. The Kier molecular flexibility index (Phi) is 5.54. The number of methoxy groups -OCH3 is 3. The summed E-state index contributed by atoms with van der Waals surface area (Å²) in [6, 6.07) is 3.46. The van der Waals surface area contributed by atoms with Crippen LogP contribution in [0.3, 0.4) is 0 Å². The van der Waals surface area contributed by atoms with E-state index >= 15 is 0 Å². The van der Waals surface area contributed by atoms with Gasteiger partial charge in [0.15, 0.2) is 11.5 Å². The van der Waals surface area contributed by atoms with Crippen LogP contribution in [0, 0.1) is 0 Å². The van der Waals surface area contributed by atoms with Crippen molar-refractivity contribution in [2.45, 2.75) is 13.3 Å². The minimum atomic E-state index is -0.268. The van der Waals surface area contributed by atoms with E-state index in [0.29, 0.717) is 34.3 Å². The number of hydrogen-bond donors (Lipinski definition) is 0. The first kappa shape index (κ1) is 17.2. The second kappa shape index (κ2) is 7.41. The number of carbonyl (C=O) groups is 2. The standard InChI is InChI=1S/C16H19NO5S/c1-5-6-17-15(18)13(23-16(17)19)9-10-7-11(20-2)14(22-4)12(8-10)21-3/h7-9H,5-6H2,1-4H3/b13-9+. The first-order valence-electron chi connectivity index (χ1n) is 7.11. The molecular formula is C16H19NO5S. The molecule has 1 heterocycles. The maximum atomic E-state index is 12.3. The van der Waals surface area contributed by atoms with Gasteiger partial charge in [0.05, 0.1) is 26.2 Å². The number of carbonyl (C=O) groups excluding carboxylic acids is 2. The zero-order valence-corrected chi connectivity index (χ0v) is 14.4. The van der Waals surface area contributed by atoms with Crippen LogP contribution in [0.1, 0.15) is 18.9 Å². The largest absolute Gasteiger partial charge is 0.493 e. The molecule has 1 aliphatic heterocycles. The fourth-order valence-corrected chi connectivity index (χ4v) is 3.12. The van der Waals surface area contributed by atoms with Crippen LogP contribution in [-0.4, -0.2) is 43.9 Å². The van der Waals surface area contributed by atoms with Crippen molar-refractivity contribution < 1.29 is 23.8 Å². The second-order valence-corrected chi connectivity index (χ2v) is 5.79. The molecule has 6 nitrogen and oxygen atoms in total. The van der Waals surface area contributed by atoms with Gasteiger partial charge >= 0.3 is 0 Å². The number of rotatable bonds is 6. The zero-order valence-electron chi connectivity index (χ0n) is 13.5. The van der Waals surface area contributed by atoms with Gasteiger partial charge in [-0.25, -0.2) is 0 Å². The van der Waals surface area contributed by atoms with Crippen LogP contribution in [0.4, 0.5) is 4.79 Å². The van der Waals surface area contributed by atoms with Crippen molar-refractivity contribution in [1.29, 1.82) is 0 Å². The molecule has 0 bridgehead atoms. The van der Waals surface area contributed by atoms with Crippen molar-refractivity contribution >= 4 is 29.0 Å². The third kappa shape index (κ3) is 3.44. The number of ether oxygens (including phenoxy) is 3. The van der Waals surface area contributed by atoms with Gasteiger partial charge in [-0.1, -0.05) is 6.92 Å². The fourth-order valence-electron chi connectivity index (χ4n) is 2.25. The molecular weight excluding hydrogens is 318 g/mol. The van der Waals surface area contributed by atoms with Crippen LogP contribution in [0.25, 0.3) is 6.08 Å². The van der Waals surface area contributed by atoms with Crippen molar-refractivity contribution in [3.05, 3.63) is 22.6 Å². The van der Waals surface area contributed by atoms with Crippen molar-refractivity contribution in [2.75, 3.05) is 27.9 Å². The Labute approximate surface area is 139 Å². The van der Waals surface area contributed by atoms with E-state index < -0.39 is 0 Å². The molecule has 1 aromatic carbocycles. The number of hydrogen-bond acceptors (Lipinski definition) is 6. The number of nitrogens with zero attached hydrogens (tertiary/aromatic N) is 1. The van der Waals surface area contributed by atoms with Crippen LogP contribution in [0.15, 0.2) is 17.0 Å². The van der Waals surface area contributed by atoms with E-state index in [0.717, 1.165) is 18.2 Å². The summed E-state index contributed by atoms with van der Waals surface area (Å²) in [6.45, 7) is 2.35. The van der Waals surface area contributed by atoms with E-state index in [2.05, 4.69) is 0 Å². The Bertz CT molecular complexity index is 631. The molecule has 1 saturated heterocycles. The summed E-state index contributed by atoms with van der Waals surface area (Å²) in [5, 5.41) is -0.240. The van der Waals surface area contributed by atoms with E-state index in [9.17, 15) is 9.59 Å². The molecule has 0 N–H and O–H groups in total. The Morgan fingerprint density at radius 2 is 1.70 bits per heavy atom. The average molecular weight is 337 g/mol. The van der Waals surface area contributed by atoms with Gasteiger partial charge < -0.3 is 14.2 Å². The van der Waals surface area contributed by atoms with Gasteiger partial charge in [0.25, 0.3) is 11.1 Å².